The summed E-state index contributed by atoms with van der Waals surface area (Å²) in [6.07, 6.45) is 0. The Morgan fingerprint density at radius 1 is 1.47 bits per heavy atom. The second-order valence-electron chi connectivity index (χ2n) is 4.17. The summed E-state index contributed by atoms with van der Waals surface area (Å²) < 4.78 is 5.20. The van der Waals surface area contributed by atoms with E-state index in [1.54, 1.807) is 19.9 Å². The second-order valence-corrected chi connectivity index (χ2v) is 4.17. The normalized spacial score (nSPS) is 17.7. The molecule has 3 N–H and O–H groups in total. The van der Waals surface area contributed by atoms with Gasteiger partial charge in [0.05, 0.1) is 5.69 Å². The number of rotatable bonds is 1. The second kappa shape index (κ2) is 3.24. The van der Waals surface area contributed by atoms with Crippen LogP contribution in [0.25, 0.3) is 0 Å². The van der Waals surface area contributed by atoms with E-state index in [2.05, 4.69) is 5.32 Å². The average molecular weight is 206 g/mol. The Hall–Kier alpha value is -1.55. The number of hydrogen-bond acceptors (Lipinski definition) is 4. The van der Waals surface area contributed by atoms with E-state index in [9.17, 15) is 4.79 Å². The van der Waals surface area contributed by atoms with Gasteiger partial charge in [-0.25, -0.2) is 4.79 Å². The van der Waals surface area contributed by atoms with Crippen LogP contribution in [-0.2, 0) is 11.3 Å². The number of anilines is 1. The van der Waals surface area contributed by atoms with E-state index in [1.807, 2.05) is 12.1 Å². The first-order valence-corrected chi connectivity index (χ1v) is 4.86. The number of nitrogens with one attached hydrogen (secondary N) is 1. The van der Waals surface area contributed by atoms with Crippen molar-refractivity contribution in [3.63, 3.8) is 0 Å². The first kappa shape index (κ1) is 9.98. The van der Waals surface area contributed by atoms with E-state index in [-0.39, 0.29) is 5.97 Å². The zero-order valence-corrected chi connectivity index (χ0v) is 8.83. The van der Waals surface area contributed by atoms with Crippen LogP contribution in [0.15, 0.2) is 18.2 Å². The van der Waals surface area contributed by atoms with Crippen molar-refractivity contribution in [1.29, 1.82) is 0 Å². The van der Waals surface area contributed by atoms with Crippen LogP contribution in [-0.4, -0.2) is 11.5 Å². The number of esters is 1. The van der Waals surface area contributed by atoms with Crippen LogP contribution >= 0.6 is 0 Å². The van der Waals surface area contributed by atoms with Crippen LogP contribution in [0.1, 0.15) is 19.4 Å². The van der Waals surface area contributed by atoms with E-state index >= 15 is 0 Å². The molecule has 1 aliphatic heterocycles. The van der Waals surface area contributed by atoms with Crippen LogP contribution < -0.4 is 15.8 Å². The maximum absolute atomic E-state index is 11.5. The van der Waals surface area contributed by atoms with Gasteiger partial charge < -0.3 is 15.8 Å². The predicted octanol–water partition coefficient (Wildman–Crippen LogP) is 1.25. The van der Waals surface area contributed by atoms with Gasteiger partial charge in [0.25, 0.3) is 0 Å². The largest absolute Gasteiger partial charge is 0.423 e. The monoisotopic (exact) mass is 206 g/mol. The van der Waals surface area contributed by atoms with E-state index < -0.39 is 5.54 Å². The molecule has 0 amide bonds. The van der Waals surface area contributed by atoms with E-state index in [0.29, 0.717) is 12.3 Å². The summed E-state index contributed by atoms with van der Waals surface area (Å²) >= 11 is 0. The van der Waals surface area contributed by atoms with Gasteiger partial charge in [-0.3, -0.25) is 0 Å². The number of ether oxygens (including phenoxy) is 1. The van der Waals surface area contributed by atoms with Crippen LogP contribution in [0.3, 0.4) is 0 Å². The molecule has 1 aromatic rings. The minimum atomic E-state index is -0.680. The van der Waals surface area contributed by atoms with Gasteiger partial charge in [-0.05, 0) is 31.5 Å². The quantitative estimate of drug-likeness (QED) is 0.536. The molecule has 80 valence electrons. The van der Waals surface area contributed by atoms with Gasteiger partial charge in [0.1, 0.15) is 5.54 Å². The van der Waals surface area contributed by atoms with Crippen molar-refractivity contribution in [2.24, 2.45) is 5.73 Å². The Morgan fingerprint density at radius 3 is 2.87 bits per heavy atom. The molecule has 0 saturated heterocycles. The van der Waals surface area contributed by atoms with Crippen LogP contribution in [0.4, 0.5) is 5.69 Å². The highest BCUT2D eigenvalue weighted by Crippen LogP contribution is 2.33. The molecular weight excluding hydrogens is 192 g/mol. The number of benzene rings is 1. The predicted molar refractivity (Wildman–Crippen MR) is 57.7 cm³/mol. The fraction of sp³-hybridized carbons (Fsp3) is 0.364. The van der Waals surface area contributed by atoms with Crippen molar-refractivity contribution in [1.82, 2.24) is 0 Å². The molecule has 1 heterocycles. The number of hydrogen-bond donors (Lipinski definition) is 2. The van der Waals surface area contributed by atoms with Crippen LogP contribution in [0.5, 0.6) is 5.75 Å². The molecular formula is C11H14N2O2. The Labute approximate surface area is 88.4 Å². The van der Waals surface area contributed by atoms with Crippen molar-refractivity contribution in [3.8, 4) is 5.75 Å². The highest BCUT2D eigenvalue weighted by Gasteiger charge is 2.35. The fourth-order valence-electron chi connectivity index (χ4n) is 1.51. The third kappa shape index (κ3) is 1.68. The van der Waals surface area contributed by atoms with Crippen molar-refractivity contribution >= 4 is 11.7 Å². The van der Waals surface area contributed by atoms with E-state index in [4.69, 9.17) is 10.5 Å². The summed E-state index contributed by atoms with van der Waals surface area (Å²) in [7, 11) is 0. The summed E-state index contributed by atoms with van der Waals surface area (Å²) in [4.78, 5) is 11.5. The SMILES string of the molecule is CC1(C)Nc2cc(CN)ccc2OC1=O. The standard InChI is InChI=1S/C11H14N2O2/c1-11(2)10(14)15-9-4-3-7(6-12)5-8(9)13-11/h3-5,13H,6,12H2,1-2H3. The van der Waals surface area contributed by atoms with Crippen molar-refractivity contribution in [2.75, 3.05) is 5.32 Å². The molecule has 1 aromatic carbocycles. The van der Waals surface area contributed by atoms with Crippen molar-refractivity contribution in [2.45, 2.75) is 25.9 Å². The molecule has 0 spiro atoms. The molecule has 0 unspecified atom stereocenters. The number of nitrogens with two attached hydrogens (primary N) is 1. The summed E-state index contributed by atoms with van der Waals surface area (Å²) in [5.41, 5.74) is 6.69. The van der Waals surface area contributed by atoms with Crippen LogP contribution in [0.2, 0.25) is 0 Å². The minimum absolute atomic E-state index is 0.268. The minimum Gasteiger partial charge on any atom is -0.423 e. The van der Waals surface area contributed by atoms with Crippen molar-refractivity contribution < 1.29 is 9.53 Å². The van der Waals surface area contributed by atoms with Crippen LogP contribution in [0, 0.1) is 0 Å². The van der Waals surface area contributed by atoms with Gasteiger partial charge in [0.15, 0.2) is 5.75 Å². The highest BCUT2D eigenvalue weighted by atomic mass is 16.5. The zero-order valence-electron chi connectivity index (χ0n) is 8.83. The van der Waals surface area contributed by atoms with Gasteiger partial charge in [-0.15, -0.1) is 0 Å². The molecule has 0 fully saturated rings. The molecule has 4 heteroatoms. The molecule has 0 radical (unpaired) electrons. The lowest BCUT2D eigenvalue weighted by Gasteiger charge is -2.31. The lowest BCUT2D eigenvalue weighted by molar-refractivity contribution is -0.139. The topological polar surface area (TPSA) is 64.3 Å². The molecule has 4 nitrogen and oxygen atoms in total. The zero-order chi connectivity index (χ0) is 11.1. The molecule has 0 aromatic heterocycles. The molecule has 2 rings (SSSR count). The summed E-state index contributed by atoms with van der Waals surface area (Å²) in [6.45, 7) is 4.05. The maximum Gasteiger partial charge on any atom is 0.336 e. The van der Waals surface area contributed by atoms with E-state index in [0.717, 1.165) is 11.3 Å². The summed E-state index contributed by atoms with van der Waals surface area (Å²) in [6, 6.07) is 5.52. The van der Waals surface area contributed by atoms with Gasteiger partial charge in [-0.2, -0.15) is 0 Å². The number of fused-ring (bicyclic) bond motifs is 1. The first-order valence-electron chi connectivity index (χ1n) is 4.86. The Bertz CT molecular complexity index is 413. The molecule has 1 aliphatic rings. The lowest BCUT2D eigenvalue weighted by atomic mass is 10.0. The molecule has 0 atom stereocenters. The van der Waals surface area contributed by atoms with Crippen molar-refractivity contribution in [3.05, 3.63) is 23.8 Å². The third-order valence-electron chi connectivity index (χ3n) is 2.44. The Kier molecular flexibility index (Phi) is 2.16. The highest BCUT2D eigenvalue weighted by molar-refractivity contribution is 5.90. The van der Waals surface area contributed by atoms with Gasteiger partial charge in [0.2, 0.25) is 0 Å². The average Bonchev–Trinajstić information content (AvgIpc) is 2.18. The van der Waals surface area contributed by atoms with E-state index in [1.165, 1.54) is 0 Å². The molecule has 15 heavy (non-hydrogen) atoms. The van der Waals surface area contributed by atoms with Gasteiger partial charge >= 0.3 is 5.97 Å². The smallest absolute Gasteiger partial charge is 0.336 e. The van der Waals surface area contributed by atoms with Gasteiger partial charge in [-0.1, -0.05) is 6.07 Å². The summed E-state index contributed by atoms with van der Waals surface area (Å²) in [5.74, 6) is 0.298. The molecule has 0 aliphatic carbocycles. The number of carbonyl (C=O) groups excluding carboxylic acids is 1. The summed E-state index contributed by atoms with van der Waals surface area (Å²) in [5, 5.41) is 3.13. The maximum atomic E-state index is 11.5. The molecule has 0 saturated carbocycles. The van der Waals surface area contributed by atoms with Gasteiger partial charge in [0, 0.05) is 6.54 Å². The Balaban J connectivity index is 2.42. The fourth-order valence-corrected chi connectivity index (χ4v) is 1.51. The molecule has 0 bridgehead atoms. The third-order valence-corrected chi connectivity index (χ3v) is 2.44. The lowest BCUT2D eigenvalue weighted by Crippen LogP contribution is -2.46. The first-order chi connectivity index (χ1) is 7.03. The number of carbonyl (C=O) groups is 1. The Morgan fingerprint density at radius 2 is 2.20 bits per heavy atom.